The number of carbonyl (C=O) groups is 1. The monoisotopic (exact) mass is 305 g/mol. The van der Waals surface area contributed by atoms with E-state index in [-0.39, 0.29) is 6.03 Å². The highest BCUT2D eigenvalue weighted by molar-refractivity contribution is 6.36. The zero-order chi connectivity index (χ0) is 15.0. The van der Waals surface area contributed by atoms with Crippen molar-refractivity contribution in [2.75, 3.05) is 13.1 Å². The van der Waals surface area contributed by atoms with Gasteiger partial charge in [0.1, 0.15) is 0 Å². The first kappa shape index (κ1) is 14.3. The second-order valence-electron chi connectivity index (χ2n) is 5.59. The number of likely N-dealkylation sites (tertiary alicyclic amines) is 1. The number of nitrogens with zero attached hydrogens (tertiary/aromatic N) is 1. The summed E-state index contributed by atoms with van der Waals surface area (Å²) < 4.78 is 0. The molecule has 2 amide bonds. The predicted molar refractivity (Wildman–Crippen MR) is 85.8 cm³/mol. The number of hydrogen-bond acceptors (Lipinski definition) is 1. The van der Waals surface area contributed by atoms with Crippen molar-refractivity contribution in [2.24, 2.45) is 0 Å². The number of carbonyl (C=O) groups excluding carboxylic acids is 1. The Morgan fingerprint density at radius 2 is 2.19 bits per heavy atom. The maximum Gasteiger partial charge on any atom is 0.317 e. The lowest BCUT2D eigenvalue weighted by atomic mass is 10.0. The second kappa shape index (κ2) is 5.60. The molecule has 0 unspecified atom stereocenters. The van der Waals surface area contributed by atoms with Crippen LogP contribution in [0.1, 0.15) is 30.2 Å². The number of amides is 2. The van der Waals surface area contributed by atoms with E-state index in [0.29, 0.717) is 11.6 Å². The number of halogens is 1. The predicted octanol–water partition coefficient (Wildman–Crippen LogP) is 3.61. The molecule has 1 aromatic carbocycles. The third-order valence-corrected chi connectivity index (χ3v) is 4.64. The van der Waals surface area contributed by atoms with E-state index in [0.717, 1.165) is 42.5 Å². The Hall–Kier alpha value is -1.68. The SMILES string of the molecule is CCc1cc2[nH]c(CNC(=O)N3CCC3)c(Cl)c2cc1C. The van der Waals surface area contributed by atoms with Crippen molar-refractivity contribution < 1.29 is 4.79 Å². The first-order valence-corrected chi connectivity index (χ1v) is 7.80. The lowest BCUT2D eigenvalue weighted by Gasteiger charge is -2.30. The average Bonchev–Trinajstić information content (AvgIpc) is 2.70. The zero-order valence-electron chi connectivity index (χ0n) is 12.4. The Kier molecular flexibility index (Phi) is 3.81. The van der Waals surface area contributed by atoms with Crippen LogP contribution in [-0.4, -0.2) is 29.0 Å². The molecule has 5 heteroatoms. The number of H-pyrrole nitrogens is 1. The first-order chi connectivity index (χ1) is 10.1. The molecule has 3 rings (SSSR count). The number of benzene rings is 1. The summed E-state index contributed by atoms with van der Waals surface area (Å²) in [7, 11) is 0. The Morgan fingerprint density at radius 3 is 2.81 bits per heavy atom. The second-order valence-corrected chi connectivity index (χ2v) is 5.97. The molecular weight excluding hydrogens is 286 g/mol. The van der Waals surface area contributed by atoms with Crippen LogP contribution < -0.4 is 5.32 Å². The van der Waals surface area contributed by atoms with E-state index in [2.05, 4.69) is 36.3 Å². The van der Waals surface area contributed by atoms with Crippen LogP contribution in [0.25, 0.3) is 10.9 Å². The molecule has 0 aliphatic carbocycles. The zero-order valence-corrected chi connectivity index (χ0v) is 13.2. The maximum atomic E-state index is 11.8. The van der Waals surface area contributed by atoms with Crippen molar-refractivity contribution in [2.45, 2.75) is 33.2 Å². The van der Waals surface area contributed by atoms with Crippen molar-refractivity contribution in [3.63, 3.8) is 0 Å². The average molecular weight is 306 g/mol. The summed E-state index contributed by atoms with van der Waals surface area (Å²) in [5, 5.41) is 4.65. The molecule has 0 radical (unpaired) electrons. The van der Waals surface area contributed by atoms with Crippen LogP contribution in [0.2, 0.25) is 5.02 Å². The minimum atomic E-state index is -0.0126. The van der Waals surface area contributed by atoms with Crippen molar-refractivity contribution in [1.82, 2.24) is 15.2 Å². The molecule has 0 saturated carbocycles. The van der Waals surface area contributed by atoms with Crippen LogP contribution in [0.3, 0.4) is 0 Å². The van der Waals surface area contributed by atoms with Gasteiger partial charge in [0.25, 0.3) is 0 Å². The molecule has 4 nitrogen and oxygen atoms in total. The summed E-state index contributed by atoms with van der Waals surface area (Å²) in [6.45, 7) is 6.39. The van der Waals surface area contributed by atoms with E-state index in [4.69, 9.17) is 11.6 Å². The number of nitrogens with one attached hydrogen (secondary N) is 2. The summed E-state index contributed by atoms with van der Waals surface area (Å²) >= 11 is 6.44. The highest BCUT2D eigenvalue weighted by atomic mass is 35.5. The van der Waals surface area contributed by atoms with E-state index >= 15 is 0 Å². The summed E-state index contributed by atoms with van der Waals surface area (Å²) in [6.07, 6.45) is 2.10. The molecule has 2 N–H and O–H groups in total. The first-order valence-electron chi connectivity index (χ1n) is 7.42. The number of urea groups is 1. The minimum absolute atomic E-state index is 0.0126. The summed E-state index contributed by atoms with van der Waals surface area (Å²) in [5.74, 6) is 0. The van der Waals surface area contributed by atoms with Crippen LogP contribution in [0.4, 0.5) is 4.79 Å². The van der Waals surface area contributed by atoms with Crippen molar-refractivity contribution >= 4 is 28.5 Å². The van der Waals surface area contributed by atoms with E-state index in [1.165, 1.54) is 11.1 Å². The molecule has 0 atom stereocenters. The number of fused-ring (bicyclic) bond motifs is 1. The Bertz CT molecular complexity index is 688. The third kappa shape index (κ3) is 2.60. The maximum absolute atomic E-state index is 11.8. The van der Waals surface area contributed by atoms with Gasteiger partial charge in [0.05, 0.1) is 17.3 Å². The molecule has 2 aromatic rings. The van der Waals surface area contributed by atoms with Gasteiger partial charge in [-0.05, 0) is 43.0 Å². The highest BCUT2D eigenvalue weighted by Crippen LogP contribution is 2.30. The summed E-state index contributed by atoms with van der Waals surface area (Å²) in [4.78, 5) is 17.0. The van der Waals surface area contributed by atoms with Gasteiger partial charge in [0, 0.05) is 24.0 Å². The van der Waals surface area contributed by atoms with Crippen LogP contribution in [0, 0.1) is 6.92 Å². The van der Waals surface area contributed by atoms with Crippen molar-refractivity contribution in [1.29, 1.82) is 0 Å². The number of aromatic nitrogens is 1. The molecule has 1 aliphatic rings. The van der Waals surface area contributed by atoms with Gasteiger partial charge >= 0.3 is 6.03 Å². The summed E-state index contributed by atoms with van der Waals surface area (Å²) in [5.41, 5.74) is 4.47. The molecule has 1 aliphatic heterocycles. The quantitative estimate of drug-likeness (QED) is 0.894. The molecule has 1 aromatic heterocycles. The van der Waals surface area contributed by atoms with Gasteiger partial charge < -0.3 is 15.2 Å². The molecule has 0 spiro atoms. The van der Waals surface area contributed by atoms with Gasteiger partial charge in [0.2, 0.25) is 0 Å². The number of rotatable bonds is 3. The molecule has 2 heterocycles. The molecule has 1 fully saturated rings. The number of aryl methyl sites for hydroxylation is 2. The number of aromatic amines is 1. The Balaban J connectivity index is 1.82. The molecule has 0 bridgehead atoms. The van der Waals surface area contributed by atoms with Gasteiger partial charge in [-0.15, -0.1) is 0 Å². The van der Waals surface area contributed by atoms with Crippen molar-refractivity contribution in [3.05, 3.63) is 34.0 Å². The Labute approximate surface area is 129 Å². The minimum Gasteiger partial charge on any atom is -0.356 e. The van der Waals surface area contributed by atoms with Crippen LogP contribution in [-0.2, 0) is 13.0 Å². The highest BCUT2D eigenvalue weighted by Gasteiger charge is 2.20. The molecule has 1 saturated heterocycles. The van der Waals surface area contributed by atoms with E-state index in [1.54, 1.807) is 4.90 Å². The molecule has 112 valence electrons. The fourth-order valence-electron chi connectivity index (χ4n) is 2.72. The van der Waals surface area contributed by atoms with E-state index in [9.17, 15) is 4.79 Å². The van der Waals surface area contributed by atoms with Gasteiger partial charge in [-0.3, -0.25) is 0 Å². The largest absolute Gasteiger partial charge is 0.356 e. The van der Waals surface area contributed by atoms with Crippen LogP contribution >= 0.6 is 11.6 Å². The lowest BCUT2D eigenvalue weighted by Crippen LogP contribution is -2.47. The van der Waals surface area contributed by atoms with Gasteiger partial charge in [-0.25, -0.2) is 4.79 Å². The van der Waals surface area contributed by atoms with E-state index in [1.807, 2.05) is 0 Å². The van der Waals surface area contributed by atoms with Gasteiger partial charge in [-0.2, -0.15) is 0 Å². The fourth-order valence-corrected chi connectivity index (χ4v) is 2.99. The summed E-state index contributed by atoms with van der Waals surface area (Å²) in [6, 6.07) is 4.26. The molecular formula is C16H20ClN3O. The third-order valence-electron chi connectivity index (χ3n) is 4.20. The standard InChI is InChI=1S/C16H20ClN3O/c1-3-11-8-13-12(7-10(11)2)15(17)14(19-13)9-18-16(21)20-5-4-6-20/h7-8,19H,3-6,9H2,1-2H3,(H,18,21). The normalized spacial score (nSPS) is 14.3. The Morgan fingerprint density at radius 1 is 1.43 bits per heavy atom. The fraction of sp³-hybridized carbons (Fsp3) is 0.438. The van der Waals surface area contributed by atoms with Crippen molar-refractivity contribution in [3.8, 4) is 0 Å². The van der Waals surface area contributed by atoms with Gasteiger partial charge in [0.15, 0.2) is 0 Å². The van der Waals surface area contributed by atoms with Gasteiger partial charge in [-0.1, -0.05) is 18.5 Å². The smallest absolute Gasteiger partial charge is 0.317 e. The number of hydrogen-bond donors (Lipinski definition) is 2. The van der Waals surface area contributed by atoms with E-state index < -0.39 is 0 Å². The van der Waals surface area contributed by atoms with Crippen LogP contribution in [0.15, 0.2) is 12.1 Å². The topological polar surface area (TPSA) is 48.1 Å². The molecule has 21 heavy (non-hydrogen) atoms. The lowest BCUT2D eigenvalue weighted by molar-refractivity contribution is 0.167. The van der Waals surface area contributed by atoms with Crippen LogP contribution in [0.5, 0.6) is 0 Å².